The lowest BCUT2D eigenvalue weighted by molar-refractivity contribution is -0.0152. The zero-order chi connectivity index (χ0) is 14.4. The highest BCUT2D eigenvalue weighted by atomic mass is 127. The van der Waals surface area contributed by atoms with Crippen molar-refractivity contribution in [3.63, 3.8) is 0 Å². The fourth-order valence-electron chi connectivity index (χ4n) is 2.59. The standard InChI is InChI=1S/C12H15IN4O3/c1-5-8(3-18)20-11(10(5)19)7-2-6(13)9-12(14)15-4-16-17(7)9/h2,4-5,8,10-11,18-19H,3H2,1H3,(H2,14,15,16)/t5-,8-,10+,11+/m1/s1. The molecule has 1 fully saturated rings. The summed E-state index contributed by atoms with van der Waals surface area (Å²) in [4.78, 5) is 3.97. The molecular weight excluding hydrogens is 375 g/mol. The molecule has 0 aromatic carbocycles. The Balaban J connectivity index is 2.10. The molecule has 4 atom stereocenters. The van der Waals surface area contributed by atoms with Crippen molar-refractivity contribution in [1.29, 1.82) is 0 Å². The summed E-state index contributed by atoms with van der Waals surface area (Å²) < 4.78 is 8.30. The Morgan fingerprint density at radius 2 is 2.30 bits per heavy atom. The molecule has 1 saturated heterocycles. The van der Waals surface area contributed by atoms with Crippen molar-refractivity contribution in [3.05, 3.63) is 21.7 Å². The second-order valence-corrected chi connectivity index (χ2v) is 6.11. The van der Waals surface area contributed by atoms with Crippen molar-refractivity contribution in [3.8, 4) is 0 Å². The van der Waals surface area contributed by atoms with Gasteiger partial charge in [-0.15, -0.1) is 0 Å². The van der Waals surface area contributed by atoms with Gasteiger partial charge in [-0.3, -0.25) is 0 Å². The topological polar surface area (TPSA) is 106 Å². The van der Waals surface area contributed by atoms with Crippen LogP contribution in [-0.2, 0) is 4.74 Å². The SMILES string of the molecule is C[C@H]1[C@H](O)[C@H](c2cc(I)c3c(N)ncnn23)O[C@@H]1CO. The van der Waals surface area contributed by atoms with Crippen molar-refractivity contribution in [2.24, 2.45) is 5.92 Å². The van der Waals surface area contributed by atoms with Crippen LogP contribution in [0.15, 0.2) is 12.4 Å². The predicted octanol–water partition coefficient (Wildman–Crippen LogP) is 0.345. The van der Waals surface area contributed by atoms with E-state index in [2.05, 4.69) is 32.7 Å². The van der Waals surface area contributed by atoms with Gasteiger partial charge in [-0.2, -0.15) is 5.10 Å². The molecule has 0 aliphatic carbocycles. The van der Waals surface area contributed by atoms with Crippen LogP contribution in [0.3, 0.4) is 0 Å². The summed E-state index contributed by atoms with van der Waals surface area (Å²) in [7, 11) is 0. The zero-order valence-corrected chi connectivity index (χ0v) is 12.9. The number of nitrogen functional groups attached to an aromatic ring is 1. The Hall–Kier alpha value is -0.970. The monoisotopic (exact) mass is 390 g/mol. The van der Waals surface area contributed by atoms with Gasteiger partial charge >= 0.3 is 0 Å². The van der Waals surface area contributed by atoms with E-state index >= 15 is 0 Å². The molecule has 3 rings (SSSR count). The van der Waals surface area contributed by atoms with Gasteiger partial charge in [0.05, 0.1) is 24.5 Å². The van der Waals surface area contributed by atoms with Gasteiger partial charge in [0.1, 0.15) is 17.9 Å². The molecule has 8 heteroatoms. The maximum Gasteiger partial charge on any atom is 0.152 e. The number of anilines is 1. The zero-order valence-electron chi connectivity index (χ0n) is 10.8. The van der Waals surface area contributed by atoms with Gasteiger partial charge in [0.15, 0.2) is 5.82 Å². The minimum absolute atomic E-state index is 0.119. The van der Waals surface area contributed by atoms with Gasteiger partial charge in [0.25, 0.3) is 0 Å². The fourth-order valence-corrected chi connectivity index (χ4v) is 3.41. The number of aliphatic hydroxyl groups is 2. The number of hydrogen-bond acceptors (Lipinski definition) is 6. The molecule has 1 aliphatic heterocycles. The molecule has 2 aromatic rings. The number of ether oxygens (including phenoxy) is 1. The first-order valence-electron chi connectivity index (χ1n) is 6.26. The third-order valence-electron chi connectivity index (χ3n) is 3.79. The second kappa shape index (κ2) is 5.10. The van der Waals surface area contributed by atoms with E-state index in [1.165, 1.54) is 6.33 Å². The van der Waals surface area contributed by atoms with Crippen molar-refractivity contribution in [1.82, 2.24) is 14.6 Å². The molecule has 0 unspecified atom stereocenters. The highest BCUT2D eigenvalue weighted by molar-refractivity contribution is 14.1. The van der Waals surface area contributed by atoms with E-state index in [0.29, 0.717) is 17.0 Å². The lowest BCUT2D eigenvalue weighted by atomic mass is 9.97. The molecule has 0 bridgehead atoms. The molecule has 0 amide bonds. The number of nitrogens with zero attached hydrogens (tertiary/aromatic N) is 3. The van der Waals surface area contributed by atoms with Crippen molar-refractivity contribution < 1.29 is 14.9 Å². The van der Waals surface area contributed by atoms with Gasteiger partial charge < -0.3 is 20.7 Å². The lowest BCUT2D eigenvalue weighted by Gasteiger charge is -2.14. The molecule has 0 spiro atoms. The first-order chi connectivity index (χ1) is 9.54. The van der Waals surface area contributed by atoms with Crippen molar-refractivity contribution in [2.45, 2.75) is 25.2 Å². The smallest absolute Gasteiger partial charge is 0.152 e. The number of aromatic nitrogens is 3. The highest BCUT2D eigenvalue weighted by Crippen LogP contribution is 2.38. The molecule has 1 aliphatic rings. The van der Waals surface area contributed by atoms with Crippen molar-refractivity contribution >= 4 is 33.9 Å². The quantitative estimate of drug-likeness (QED) is 0.639. The minimum Gasteiger partial charge on any atom is -0.394 e. The van der Waals surface area contributed by atoms with Crippen molar-refractivity contribution in [2.75, 3.05) is 12.3 Å². The molecule has 4 N–H and O–H groups in total. The Bertz CT molecular complexity index is 647. The molecule has 20 heavy (non-hydrogen) atoms. The Labute approximate surface area is 128 Å². The average Bonchev–Trinajstić information content (AvgIpc) is 2.90. The third-order valence-corrected chi connectivity index (χ3v) is 4.61. The van der Waals surface area contributed by atoms with E-state index in [9.17, 15) is 10.2 Å². The average molecular weight is 390 g/mol. The number of rotatable bonds is 2. The summed E-state index contributed by atoms with van der Waals surface area (Å²) >= 11 is 2.15. The molecule has 7 nitrogen and oxygen atoms in total. The summed E-state index contributed by atoms with van der Waals surface area (Å²) in [5, 5.41) is 23.8. The number of halogens is 1. The van der Waals surface area contributed by atoms with Gasteiger partial charge in [0.2, 0.25) is 0 Å². The van der Waals surface area contributed by atoms with Crippen LogP contribution in [-0.4, -0.2) is 43.6 Å². The van der Waals surface area contributed by atoms with Crippen LogP contribution in [0.1, 0.15) is 18.7 Å². The molecule has 3 heterocycles. The Morgan fingerprint density at radius 3 is 2.95 bits per heavy atom. The van der Waals surface area contributed by atoms with Crippen LogP contribution < -0.4 is 5.73 Å². The lowest BCUT2D eigenvalue weighted by Crippen LogP contribution is -2.24. The normalized spacial score (nSPS) is 30.2. The van der Waals surface area contributed by atoms with E-state index in [0.717, 1.165) is 3.57 Å². The maximum atomic E-state index is 10.3. The number of aliphatic hydroxyl groups excluding tert-OH is 2. The van der Waals surface area contributed by atoms with Crippen LogP contribution >= 0.6 is 22.6 Å². The van der Waals surface area contributed by atoms with Gasteiger partial charge in [-0.05, 0) is 28.7 Å². The summed E-state index contributed by atoms with van der Waals surface area (Å²) in [5.74, 6) is 0.238. The number of nitrogens with two attached hydrogens (primary N) is 1. The van der Waals surface area contributed by atoms with E-state index in [4.69, 9.17) is 10.5 Å². The molecule has 2 aromatic heterocycles. The van der Waals surface area contributed by atoms with Crippen LogP contribution in [0, 0.1) is 9.49 Å². The molecular formula is C12H15IN4O3. The number of hydrogen-bond donors (Lipinski definition) is 3. The Morgan fingerprint density at radius 1 is 1.55 bits per heavy atom. The van der Waals surface area contributed by atoms with E-state index in [1.807, 2.05) is 13.0 Å². The summed E-state index contributed by atoms with van der Waals surface area (Å²) in [5.41, 5.74) is 7.29. The first-order valence-corrected chi connectivity index (χ1v) is 7.34. The van der Waals surface area contributed by atoms with E-state index in [1.54, 1.807) is 4.52 Å². The summed E-state index contributed by atoms with van der Waals surface area (Å²) in [6.45, 7) is 1.74. The largest absolute Gasteiger partial charge is 0.394 e. The Kier molecular flexibility index (Phi) is 3.56. The predicted molar refractivity (Wildman–Crippen MR) is 80.0 cm³/mol. The van der Waals surface area contributed by atoms with E-state index < -0.39 is 12.2 Å². The van der Waals surface area contributed by atoms with Crippen LogP contribution in [0.5, 0.6) is 0 Å². The van der Waals surface area contributed by atoms with Crippen LogP contribution in [0.2, 0.25) is 0 Å². The summed E-state index contributed by atoms with van der Waals surface area (Å²) in [6.07, 6.45) is -0.238. The fraction of sp³-hybridized carbons (Fsp3) is 0.500. The number of fused-ring (bicyclic) bond motifs is 1. The van der Waals surface area contributed by atoms with Gasteiger partial charge in [-0.1, -0.05) is 6.92 Å². The molecule has 0 radical (unpaired) electrons. The molecule has 0 saturated carbocycles. The van der Waals surface area contributed by atoms with E-state index in [-0.39, 0.29) is 18.6 Å². The second-order valence-electron chi connectivity index (χ2n) is 4.95. The van der Waals surface area contributed by atoms with Gasteiger partial charge in [-0.25, -0.2) is 9.50 Å². The highest BCUT2D eigenvalue weighted by Gasteiger charge is 2.42. The molecule has 108 valence electrons. The minimum atomic E-state index is -0.697. The maximum absolute atomic E-state index is 10.3. The van der Waals surface area contributed by atoms with Gasteiger partial charge in [0, 0.05) is 9.49 Å². The van der Waals surface area contributed by atoms with Crippen LogP contribution in [0.25, 0.3) is 5.52 Å². The first kappa shape index (κ1) is 14.0. The summed E-state index contributed by atoms with van der Waals surface area (Å²) in [6, 6.07) is 1.88. The van der Waals surface area contributed by atoms with Crippen LogP contribution in [0.4, 0.5) is 5.82 Å². The third kappa shape index (κ3) is 1.98.